The summed E-state index contributed by atoms with van der Waals surface area (Å²) < 4.78 is 31.3. The molecule has 0 atom stereocenters. The average molecular weight is 297 g/mol. The van der Waals surface area contributed by atoms with Crippen molar-refractivity contribution in [1.82, 2.24) is 15.1 Å². The smallest absolute Gasteiger partial charge is 0.278 e. The molecule has 1 aromatic heterocycles. The quantitative estimate of drug-likeness (QED) is 0.693. The lowest BCUT2D eigenvalue weighted by molar-refractivity contribution is 0.476. The Bertz CT molecular complexity index is 747. The minimum atomic E-state index is -4.10. The minimum absolute atomic E-state index is 0.0563. The predicted molar refractivity (Wildman–Crippen MR) is 74.4 cm³/mol. The van der Waals surface area contributed by atoms with Crippen molar-refractivity contribution in [3.8, 4) is 5.69 Å². The van der Waals surface area contributed by atoms with Crippen LogP contribution in [-0.2, 0) is 16.7 Å². The maximum atomic E-state index is 12.2. The summed E-state index contributed by atoms with van der Waals surface area (Å²) in [7, 11) is -4.10. The van der Waals surface area contributed by atoms with Crippen LogP contribution < -0.4 is 10.9 Å². The van der Waals surface area contributed by atoms with E-state index in [0.29, 0.717) is 16.9 Å². The van der Waals surface area contributed by atoms with E-state index in [0.717, 1.165) is 0 Å². The zero-order chi connectivity index (χ0) is 14.8. The molecule has 0 saturated carbocycles. The van der Waals surface area contributed by atoms with Crippen LogP contribution in [0.15, 0.2) is 35.1 Å². The van der Waals surface area contributed by atoms with Gasteiger partial charge < -0.3 is 0 Å². The number of benzene rings is 1. The fourth-order valence-electron chi connectivity index (χ4n) is 1.85. The molecule has 7 nitrogen and oxygen atoms in total. The highest BCUT2D eigenvalue weighted by molar-refractivity contribution is 7.85. The number of aromatic amines is 1. The van der Waals surface area contributed by atoms with Gasteiger partial charge in [-0.25, -0.2) is 4.68 Å². The van der Waals surface area contributed by atoms with Crippen LogP contribution in [0.5, 0.6) is 0 Å². The first kappa shape index (κ1) is 14.5. The summed E-state index contributed by atoms with van der Waals surface area (Å²) in [4.78, 5) is 12.2. The Balaban J connectivity index is 2.24. The van der Waals surface area contributed by atoms with Gasteiger partial charge in [-0.1, -0.05) is 18.2 Å². The molecule has 0 aliphatic heterocycles. The molecule has 0 fully saturated rings. The number of rotatable bonds is 5. The lowest BCUT2D eigenvalue weighted by Crippen LogP contribution is -2.26. The number of para-hydroxylation sites is 1. The Labute approximate surface area is 116 Å². The minimum Gasteiger partial charge on any atom is -0.297 e. The van der Waals surface area contributed by atoms with Gasteiger partial charge >= 0.3 is 0 Å². The third kappa shape index (κ3) is 3.35. The second-order valence-corrected chi connectivity index (χ2v) is 5.80. The Morgan fingerprint density at radius 3 is 2.55 bits per heavy atom. The summed E-state index contributed by atoms with van der Waals surface area (Å²) in [6, 6.07) is 9.04. The van der Waals surface area contributed by atoms with Gasteiger partial charge in [0.2, 0.25) is 0 Å². The third-order valence-corrected chi connectivity index (χ3v) is 3.36. The van der Waals surface area contributed by atoms with Gasteiger partial charge in [-0.05, 0) is 19.1 Å². The van der Waals surface area contributed by atoms with E-state index in [4.69, 9.17) is 4.55 Å². The summed E-state index contributed by atoms with van der Waals surface area (Å²) in [6.45, 7) is 1.78. The first-order valence-electron chi connectivity index (χ1n) is 5.90. The first-order valence-corrected chi connectivity index (χ1v) is 7.51. The molecule has 2 rings (SSSR count). The monoisotopic (exact) mass is 297 g/mol. The molecule has 0 unspecified atom stereocenters. The van der Waals surface area contributed by atoms with Gasteiger partial charge in [0.05, 0.1) is 11.3 Å². The van der Waals surface area contributed by atoms with Crippen molar-refractivity contribution in [2.24, 2.45) is 0 Å². The third-order valence-electron chi connectivity index (χ3n) is 2.79. The maximum Gasteiger partial charge on any atom is 0.278 e. The fraction of sp³-hybridized carbons (Fsp3) is 0.250. The highest BCUT2D eigenvalue weighted by atomic mass is 32.2. The lowest BCUT2D eigenvalue weighted by Gasteiger charge is -2.00. The van der Waals surface area contributed by atoms with Crippen LogP contribution in [0.4, 0.5) is 0 Å². The molecule has 1 heterocycles. The number of nitrogens with one attached hydrogen (secondary N) is 2. The summed E-state index contributed by atoms with van der Waals surface area (Å²) in [5.74, 6) is -0.595. The van der Waals surface area contributed by atoms with Crippen LogP contribution in [0.1, 0.15) is 11.3 Å². The number of H-pyrrole nitrogens is 1. The summed E-state index contributed by atoms with van der Waals surface area (Å²) in [5, 5.41) is 5.45. The molecule has 2 aromatic rings. The van der Waals surface area contributed by atoms with Gasteiger partial charge in [0.1, 0.15) is 5.88 Å². The fourth-order valence-corrected chi connectivity index (χ4v) is 2.21. The van der Waals surface area contributed by atoms with Gasteiger partial charge in [0.15, 0.2) is 0 Å². The van der Waals surface area contributed by atoms with E-state index in [-0.39, 0.29) is 12.1 Å². The summed E-state index contributed by atoms with van der Waals surface area (Å²) >= 11 is 0. The van der Waals surface area contributed by atoms with E-state index in [1.807, 2.05) is 18.2 Å². The average Bonchev–Trinajstić information content (AvgIpc) is 2.66. The SMILES string of the molecule is Cc1[nH]n(-c2ccccc2)c(=O)c1CNCS(=O)(=O)O. The number of aryl methyl sites for hydroxylation is 1. The molecule has 0 spiro atoms. The van der Waals surface area contributed by atoms with Crippen molar-refractivity contribution in [1.29, 1.82) is 0 Å². The molecule has 8 heteroatoms. The molecule has 0 aliphatic carbocycles. The number of aromatic nitrogens is 2. The highest BCUT2D eigenvalue weighted by Crippen LogP contribution is 2.06. The number of hydrogen-bond acceptors (Lipinski definition) is 4. The summed E-state index contributed by atoms with van der Waals surface area (Å²) in [5.41, 5.74) is 1.51. The molecule has 0 saturated heterocycles. The standard InChI is InChI=1S/C12H15N3O4S/c1-9-11(7-13-8-20(17,18)19)12(16)15(14-9)10-5-3-2-4-6-10/h2-6,13-14H,7-8H2,1H3,(H,17,18,19). The Hall–Kier alpha value is -1.90. The molecule has 1 aromatic carbocycles. The molecule has 3 N–H and O–H groups in total. The van der Waals surface area contributed by atoms with Gasteiger partial charge in [-0.15, -0.1) is 0 Å². The Kier molecular flexibility index (Phi) is 4.07. The largest absolute Gasteiger partial charge is 0.297 e. The van der Waals surface area contributed by atoms with Crippen molar-refractivity contribution < 1.29 is 13.0 Å². The van der Waals surface area contributed by atoms with Crippen LogP contribution in [-0.4, -0.2) is 28.6 Å². The molecule has 0 bridgehead atoms. The van der Waals surface area contributed by atoms with Crippen molar-refractivity contribution in [3.05, 3.63) is 51.9 Å². The molecule has 20 heavy (non-hydrogen) atoms. The van der Waals surface area contributed by atoms with E-state index >= 15 is 0 Å². The molecule has 108 valence electrons. The van der Waals surface area contributed by atoms with Crippen LogP contribution in [0, 0.1) is 6.92 Å². The molecular formula is C12H15N3O4S. The van der Waals surface area contributed by atoms with E-state index < -0.39 is 16.0 Å². The van der Waals surface area contributed by atoms with Crippen molar-refractivity contribution in [2.45, 2.75) is 13.5 Å². The molecule has 0 aliphatic rings. The molecular weight excluding hydrogens is 282 g/mol. The Morgan fingerprint density at radius 1 is 1.30 bits per heavy atom. The topological polar surface area (TPSA) is 104 Å². The van der Waals surface area contributed by atoms with Crippen LogP contribution in [0.2, 0.25) is 0 Å². The lowest BCUT2D eigenvalue weighted by atomic mass is 10.2. The molecule has 0 amide bonds. The van der Waals surface area contributed by atoms with Crippen LogP contribution >= 0.6 is 0 Å². The van der Waals surface area contributed by atoms with Gasteiger partial charge in [0.25, 0.3) is 15.7 Å². The molecule has 0 radical (unpaired) electrons. The second kappa shape index (κ2) is 5.61. The van der Waals surface area contributed by atoms with Crippen molar-refractivity contribution in [2.75, 3.05) is 5.88 Å². The van der Waals surface area contributed by atoms with E-state index in [2.05, 4.69) is 10.4 Å². The van der Waals surface area contributed by atoms with Gasteiger partial charge in [-0.2, -0.15) is 8.42 Å². The first-order chi connectivity index (χ1) is 9.38. The van der Waals surface area contributed by atoms with Crippen LogP contribution in [0.3, 0.4) is 0 Å². The summed E-state index contributed by atoms with van der Waals surface area (Å²) in [6.07, 6.45) is 0. The maximum absolute atomic E-state index is 12.2. The highest BCUT2D eigenvalue weighted by Gasteiger charge is 2.13. The van der Waals surface area contributed by atoms with Crippen molar-refractivity contribution >= 4 is 10.1 Å². The predicted octanol–water partition coefficient (Wildman–Crippen LogP) is 0.409. The second-order valence-electron chi connectivity index (χ2n) is 4.34. The van der Waals surface area contributed by atoms with Crippen molar-refractivity contribution in [3.63, 3.8) is 0 Å². The van der Waals surface area contributed by atoms with E-state index in [1.54, 1.807) is 19.1 Å². The van der Waals surface area contributed by atoms with E-state index in [1.165, 1.54) is 4.68 Å². The zero-order valence-corrected chi connectivity index (χ0v) is 11.6. The normalized spacial score (nSPS) is 11.7. The van der Waals surface area contributed by atoms with Crippen LogP contribution in [0.25, 0.3) is 5.69 Å². The van der Waals surface area contributed by atoms with E-state index in [9.17, 15) is 13.2 Å². The zero-order valence-electron chi connectivity index (χ0n) is 10.8. The Morgan fingerprint density at radius 2 is 1.95 bits per heavy atom. The number of hydrogen-bond donors (Lipinski definition) is 3. The van der Waals surface area contributed by atoms with Gasteiger partial charge in [-0.3, -0.25) is 19.8 Å². The van der Waals surface area contributed by atoms with Gasteiger partial charge in [0, 0.05) is 12.2 Å². The number of nitrogens with zero attached hydrogens (tertiary/aromatic N) is 1.